The van der Waals surface area contributed by atoms with Crippen molar-refractivity contribution in [2.75, 3.05) is 6.61 Å². The zero-order valence-corrected chi connectivity index (χ0v) is 20.8. The highest BCUT2D eigenvalue weighted by molar-refractivity contribution is 6.17. The van der Waals surface area contributed by atoms with Crippen LogP contribution >= 0.6 is 0 Å². The van der Waals surface area contributed by atoms with Crippen molar-refractivity contribution in [3.63, 3.8) is 0 Å². The lowest BCUT2D eigenvalue weighted by atomic mass is 9.90. The molecule has 1 aromatic carbocycles. The summed E-state index contributed by atoms with van der Waals surface area (Å²) in [4.78, 5) is 51.7. The van der Waals surface area contributed by atoms with Gasteiger partial charge in [0.15, 0.2) is 23.1 Å². The van der Waals surface area contributed by atoms with Gasteiger partial charge in [-0.25, -0.2) is 4.79 Å². The second-order valence-electron chi connectivity index (χ2n) is 8.27. The van der Waals surface area contributed by atoms with Gasteiger partial charge in [0.25, 0.3) is 0 Å². The molecule has 0 atom stereocenters. The van der Waals surface area contributed by atoms with E-state index in [9.17, 15) is 29.4 Å². The molecule has 0 fully saturated rings. The molecule has 1 rings (SSSR count). The third-order valence-electron chi connectivity index (χ3n) is 5.36. The second-order valence-corrected chi connectivity index (χ2v) is 8.27. The summed E-state index contributed by atoms with van der Waals surface area (Å²) in [7, 11) is 0. The fourth-order valence-electron chi connectivity index (χ4n) is 3.33. The summed E-state index contributed by atoms with van der Waals surface area (Å²) in [5, 5.41) is 21.5. The highest BCUT2D eigenvalue weighted by atomic mass is 16.5. The van der Waals surface area contributed by atoms with E-state index in [2.05, 4.69) is 0 Å². The van der Waals surface area contributed by atoms with E-state index in [-0.39, 0.29) is 25.9 Å². The van der Waals surface area contributed by atoms with Gasteiger partial charge in [-0.05, 0) is 25.7 Å². The molecule has 0 amide bonds. The van der Waals surface area contributed by atoms with Gasteiger partial charge in [0.1, 0.15) is 0 Å². The number of carbonyl (C=O) groups is 4. The minimum Gasteiger partial charge on any atom is -0.504 e. The number of rotatable bonds is 16. The average Bonchev–Trinajstić information content (AvgIpc) is 2.82. The van der Waals surface area contributed by atoms with Gasteiger partial charge in [-0.1, -0.05) is 53.4 Å². The zero-order valence-electron chi connectivity index (χ0n) is 20.8. The Balaban J connectivity index is 3.82. The molecule has 8 heteroatoms. The molecule has 0 aromatic heterocycles. The van der Waals surface area contributed by atoms with Crippen molar-refractivity contribution >= 4 is 23.5 Å². The highest BCUT2D eigenvalue weighted by Gasteiger charge is 2.36. The number of phenolic OH excluding ortho intramolecular Hbond substituents is 2. The fraction of sp³-hybridized carbons (Fsp3) is 0.615. The lowest BCUT2D eigenvalue weighted by molar-refractivity contribution is -0.134. The average molecular weight is 479 g/mol. The van der Waals surface area contributed by atoms with Crippen LogP contribution in [-0.2, 0) is 9.53 Å². The molecule has 8 nitrogen and oxygen atoms in total. The number of benzene rings is 1. The summed E-state index contributed by atoms with van der Waals surface area (Å²) in [5.74, 6) is -5.30. The first-order valence-corrected chi connectivity index (χ1v) is 12.3. The number of ketones is 2. The SMILES string of the molecule is CCCCOC(=O)c1c(C(=O)CCCC)c(O)c(O)c(OC(=O)CCCC)c1C(=O)CCCC. The van der Waals surface area contributed by atoms with E-state index in [1.54, 1.807) is 0 Å². The minimum absolute atomic E-state index is 0.00193. The topological polar surface area (TPSA) is 127 Å². The number of unbranched alkanes of at least 4 members (excludes halogenated alkanes) is 4. The molecule has 0 spiro atoms. The van der Waals surface area contributed by atoms with E-state index >= 15 is 0 Å². The smallest absolute Gasteiger partial charge is 0.339 e. The van der Waals surface area contributed by atoms with Crippen LogP contribution in [0.25, 0.3) is 0 Å². The Kier molecular flexibility index (Phi) is 12.9. The van der Waals surface area contributed by atoms with Crippen LogP contribution in [0, 0.1) is 0 Å². The fourth-order valence-corrected chi connectivity index (χ4v) is 3.33. The number of hydrogen-bond donors (Lipinski definition) is 2. The van der Waals surface area contributed by atoms with Crippen molar-refractivity contribution in [3.05, 3.63) is 16.7 Å². The summed E-state index contributed by atoms with van der Waals surface area (Å²) in [6.07, 6.45) is 4.89. The van der Waals surface area contributed by atoms with Crippen LogP contribution < -0.4 is 4.74 Å². The number of aromatic hydroxyl groups is 2. The molecule has 0 radical (unpaired) electrons. The van der Waals surface area contributed by atoms with Gasteiger partial charge >= 0.3 is 11.9 Å². The van der Waals surface area contributed by atoms with E-state index in [1.165, 1.54) is 0 Å². The lowest BCUT2D eigenvalue weighted by Crippen LogP contribution is -2.21. The number of ether oxygens (including phenoxy) is 2. The normalized spacial score (nSPS) is 10.7. The third kappa shape index (κ3) is 7.85. The van der Waals surface area contributed by atoms with Gasteiger partial charge in [0.2, 0.25) is 5.75 Å². The molecule has 0 saturated heterocycles. The maximum Gasteiger partial charge on any atom is 0.339 e. The van der Waals surface area contributed by atoms with E-state index in [4.69, 9.17) is 9.47 Å². The van der Waals surface area contributed by atoms with Crippen LogP contribution in [0.4, 0.5) is 0 Å². The van der Waals surface area contributed by atoms with Crippen LogP contribution in [0.5, 0.6) is 17.2 Å². The number of esters is 2. The predicted molar refractivity (Wildman–Crippen MR) is 128 cm³/mol. The quantitative estimate of drug-likeness (QED) is 0.0989. The first kappa shape index (κ1) is 29.1. The second kappa shape index (κ2) is 15.1. The van der Waals surface area contributed by atoms with Gasteiger partial charge in [0.05, 0.1) is 23.3 Å². The Labute approximate surface area is 201 Å². The Morgan fingerprint density at radius 1 is 0.647 bits per heavy atom. The number of Topliss-reactive ketones (excluding diaryl/α,β-unsaturated/α-hetero) is 2. The molecule has 0 unspecified atom stereocenters. The van der Waals surface area contributed by atoms with Gasteiger partial charge in [-0.15, -0.1) is 0 Å². The standard InChI is InChI=1S/C26H38O8/c1-5-9-13-17(27)20-22(26(32)33-16-12-8-4)21(18(28)14-10-6-2)25(24(31)23(20)30)34-19(29)15-11-7-3/h30-31H,5-16H2,1-4H3. The van der Waals surface area contributed by atoms with Gasteiger partial charge in [-0.3, -0.25) is 14.4 Å². The van der Waals surface area contributed by atoms with Crippen LogP contribution in [0.3, 0.4) is 0 Å². The summed E-state index contributed by atoms with van der Waals surface area (Å²) in [5.41, 5.74) is -1.32. The predicted octanol–water partition coefficient (Wildman–Crippen LogP) is 5.90. The molecule has 0 aliphatic carbocycles. The van der Waals surface area contributed by atoms with E-state index in [0.717, 1.165) is 6.42 Å². The molecule has 34 heavy (non-hydrogen) atoms. The summed E-state index contributed by atoms with van der Waals surface area (Å²) >= 11 is 0. The molecule has 0 aliphatic heterocycles. The maximum atomic E-state index is 13.2. The first-order chi connectivity index (χ1) is 16.2. The van der Waals surface area contributed by atoms with Crippen molar-refractivity contribution in [1.29, 1.82) is 0 Å². The monoisotopic (exact) mass is 478 g/mol. The van der Waals surface area contributed by atoms with Crippen molar-refractivity contribution in [3.8, 4) is 17.2 Å². The zero-order chi connectivity index (χ0) is 25.7. The molecule has 0 heterocycles. The number of phenols is 2. The van der Waals surface area contributed by atoms with E-state index in [0.29, 0.717) is 44.9 Å². The summed E-state index contributed by atoms with van der Waals surface area (Å²) < 4.78 is 10.6. The van der Waals surface area contributed by atoms with Crippen molar-refractivity contribution in [2.45, 2.75) is 98.3 Å². The third-order valence-corrected chi connectivity index (χ3v) is 5.36. The summed E-state index contributed by atoms with van der Waals surface area (Å²) in [6, 6.07) is 0. The number of carbonyl (C=O) groups excluding carboxylic acids is 4. The van der Waals surface area contributed by atoms with E-state index in [1.807, 2.05) is 27.7 Å². The van der Waals surface area contributed by atoms with Gasteiger partial charge in [-0.2, -0.15) is 0 Å². The molecule has 2 N–H and O–H groups in total. The Bertz CT molecular complexity index is 872. The molecule has 1 aromatic rings. The minimum atomic E-state index is -0.977. The van der Waals surface area contributed by atoms with Gasteiger partial charge in [0, 0.05) is 19.3 Å². The van der Waals surface area contributed by atoms with Crippen molar-refractivity contribution in [2.24, 2.45) is 0 Å². The van der Waals surface area contributed by atoms with E-state index < -0.39 is 57.4 Å². The molecular weight excluding hydrogens is 440 g/mol. The van der Waals surface area contributed by atoms with Crippen molar-refractivity contribution in [1.82, 2.24) is 0 Å². The van der Waals surface area contributed by atoms with Crippen molar-refractivity contribution < 1.29 is 38.9 Å². The van der Waals surface area contributed by atoms with Crippen LogP contribution in [0.2, 0.25) is 0 Å². The molecule has 0 bridgehead atoms. The van der Waals surface area contributed by atoms with Crippen LogP contribution in [0.1, 0.15) is 129 Å². The lowest BCUT2D eigenvalue weighted by Gasteiger charge is -2.19. The largest absolute Gasteiger partial charge is 0.504 e. The highest BCUT2D eigenvalue weighted by Crippen LogP contribution is 2.46. The first-order valence-electron chi connectivity index (χ1n) is 12.3. The van der Waals surface area contributed by atoms with Crippen LogP contribution in [-0.4, -0.2) is 40.3 Å². The van der Waals surface area contributed by atoms with Crippen LogP contribution in [0.15, 0.2) is 0 Å². The Hall–Kier alpha value is -2.90. The maximum absolute atomic E-state index is 13.2. The molecule has 0 saturated carbocycles. The Morgan fingerprint density at radius 2 is 1.15 bits per heavy atom. The summed E-state index contributed by atoms with van der Waals surface area (Å²) in [6.45, 7) is 7.61. The molecular formula is C26H38O8. The Morgan fingerprint density at radius 3 is 1.68 bits per heavy atom. The van der Waals surface area contributed by atoms with Gasteiger partial charge < -0.3 is 19.7 Å². The molecule has 190 valence electrons. The molecule has 0 aliphatic rings. The number of hydrogen-bond acceptors (Lipinski definition) is 8.